The van der Waals surface area contributed by atoms with Crippen molar-refractivity contribution in [1.82, 2.24) is 8.87 Å². The van der Waals surface area contributed by atoms with Crippen LogP contribution in [0.4, 0.5) is 0 Å². The number of hydrogen-bond donors (Lipinski definition) is 1. The van der Waals surface area contributed by atoms with Crippen LogP contribution in [0.25, 0.3) is 0 Å². The molecule has 1 heterocycles. The molecule has 8 heteroatoms. The maximum absolute atomic E-state index is 12.5. The average molecular weight is 313 g/mol. The molecule has 1 N–H and O–H groups in total. The average Bonchev–Trinajstić information content (AvgIpc) is 2.83. The monoisotopic (exact) mass is 313 g/mol. The predicted octanol–water partition coefficient (Wildman–Crippen LogP) is 1.52. The Hall–Kier alpha value is -1.85. The molecule has 1 aromatic rings. The van der Waals surface area contributed by atoms with Crippen LogP contribution >= 0.6 is 0 Å². The minimum absolute atomic E-state index is 0.0586. The quantitative estimate of drug-likeness (QED) is 0.822. The van der Waals surface area contributed by atoms with Crippen LogP contribution in [0.1, 0.15) is 37.2 Å². The maximum Gasteiger partial charge on any atom is 0.352 e. The van der Waals surface area contributed by atoms with E-state index >= 15 is 0 Å². The fraction of sp³-hybridized carbons (Fsp3) is 0.538. The van der Waals surface area contributed by atoms with E-state index in [9.17, 15) is 13.2 Å². The number of aromatic nitrogens is 1. The Kier molecular flexibility index (Phi) is 5.52. The molecule has 1 rings (SSSR count). The van der Waals surface area contributed by atoms with Gasteiger partial charge in [-0.25, -0.2) is 13.2 Å². The van der Waals surface area contributed by atoms with Crippen molar-refractivity contribution in [2.45, 2.75) is 44.2 Å². The van der Waals surface area contributed by atoms with E-state index in [1.165, 1.54) is 17.8 Å². The van der Waals surface area contributed by atoms with Crippen LogP contribution in [0.2, 0.25) is 0 Å². The molecule has 0 saturated carbocycles. The second-order valence-corrected chi connectivity index (χ2v) is 6.79. The van der Waals surface area contributed by atoms with Gasteiger partial charge in [-0.3, -0.25) is 0 Å². The van der Waals surface area contributed by atoms with Crippen LogP contribution < -0.4 is 0 Å². The van der Waals surface area contributed by atoms with Gasteiger partial charge in [0.2, 0.25) is 10.0 Å². The SMILES string of the molecule is CCCn1cc(S(=O)(=O)N(C)C(C)CC#N)cc1C(=O)O. The molecule has 0 saturated heterocycles. The molecule has 0 amide bonds. The van der Waals surface area contributed by atoms with E-state index in [4.69, 9.17) is 10.4 Å². The Morgan fingerprint density at radius 3 is 2.67 bits per heavy atom. The molecule has 0 spiro atoms. The summed E-state index contributed by atoms with van der Waals surface area (Å²) in [5.74, 6) is -1.17. The molecule has 0 bridgehead atoms. The highest BCUT2D eigenvalue weighted by atomic mass is 32.2. The van der Waals surface area contributed by atoms with Gasteiger partial charge in [-0.2, -0.15) is 9.57 Å². The molecule has 0 aromatic carbocycles. The van der Waals surface area contributed by atoms with Gasteiger partial charge in [0.05, 0.1) is 12.5 Å². The predicted molar refractivity (Wildman–Crippen MR) is 76.3 cm³/mol. The van der Waals surface area contributed by atoms with E-state index in [-0.39, 0.29) is 17.0 Å². The molecular formula is C13H19N3O4S. The van der Waals surface area contributed by atoms with E-state index in [0.717, 1.165) is 10.4 Å². The number of carboxylic acids is 1. The molecule has 116 valence electrons. The molecule has 0 aliphatic carbocycles. The maximum atomic E-state index is 12.5. The lowest BCUT2D eigenvalue weighted by atomic mass is 10.3. The van der Waals surface area contributed by atoms with Crippen LogP contribution in [0, 0.1) is 11.3 Å². The molecule has 0 aliphatic rings. The summed E-state index contributed by atoms with van der Waals surface area (Å²) in [7, 11) is -2.43. The van der Waals surface area contributed by atoms with E-state index < -0.39 is 22.0 Å². The summed E-state index contributed by atoms with van der Waals surface area (Å²) in [5.41, 5.74) is -0.0586. The highest BCUT2D eigenvalue weighted by Crippen LogP contribution is 2.21. The molecule has 1 unspecified atom stereocenters. The van der Waals surface area contributed by atoms with E-state index in [1.54, 1.807) is 6.92 Å². The molecule has 1 aromatic heterocycles. The molecule has 0 fully saturated rings. The lowest BCUT2D eigenvalue weighted by Crippen LogP contribution is -2.34. The first-order valence-corrected chi connectivity index (χ1v) is 7.98. The first kappa shape index (κ1) is 17.2. The van der Waals surface area contributed by atoms with Gasteiger partial charge in [-0.1, -0.05) is 6.92 Å². The number of sulfonamides is 1. The third kappa shape index (κ3) is 3.62. The molecule has 1 atom stereocenters. The summed E-state index contributed by atoms with van der Waals surface area (Å²) < 4.78 is 27.4. The fourth-order valence-electron chi connectivity index (χ4n) is 1.89. The van der Waals surface area contributed by atoms with Gasteiger partial charge in [-0.15, -0.1) is 0 Å². The fourth-order valence-corrected chi connectivity index (χ4v) is 3.30. The molecule has 7 nitrogen and oxygen atoms in total. The topological polar surface area (TPSA) is 103 Å². The van der Waals surface area contributed by atoms with E-state index in [2.05, 4.69) is 0 Å². The second kappa shape index (κ2) is 6.74. The Balaban J connectivity index is 3.23. The standard InChI is InChI=1S/C13H19N3O4S/c1-4-7-16-9-11(8-12(16)13(17)18)21(19,20)15(3)10(2)5-6-14/h8-10H,4-5,7H2,1-3H3,(H,17,18). The Morgan fingerprint density at radius 2 is 2.19 bits per heavy atom. The summed E-state index contributed by atoms with van der Waals surface area (Å²) in [6, 6.07) is 2.59. The van der Waals surface area contributed by atoms with Crippen LogP contribution in [0.3, 0.4) is 0 Å². The first-order chi connectivity index (χ1) is 9.75. The van der Waals surface area contributed by atoms with Gasteiger partial charge >= 0.3 is 5.97 Å². The normalized spacial score (nSPS) is 13.1. The van der Waals surface area contributed by atoms with Gasteiger partial charge in [0.15, 0.2) is 0 Å². The van der Waals surface area contributed by atoms with Crippen molar-refractivity contribution in [2.75, 3.05) is 7.05 Å². The number of hydrogen-bond acceptors (Lipinski definition) is 4. The van der Waals surface area contributed by atoms with Gasteiger partial charge in [0.25, 0.3) is 0 Å². The lowest BCUT2D eigenvalue weighted by molar-refractivity contribution is 0.0685. The summed E-state index contributed by atoms with van der Waals surface area (Å²) in [4.78, 5) is 11.1. The minimum atomic E-state index is -3.82. The van der Waals surface area contributed by atoms with Crippen molar-refractivity contribution in [2.24, 2.45) is 0 Å². The number of carbonyl (C=O) groups is 1. The molecule has 0 radical (unpaired) electrons. The Morgan fingerprint density at radius 1 is 1.57 bits per heavy atom. The van der Waals surface area contributed by atoms with Crippen molar-refractivity contribution in [3.8, 4) is 6.07 Å². The summed E-state index contributed by atoms with van der Waals surface area (Å²) in [6.45, 7) is 3.93. The third-order valence-electron chi connectivity index (χ3n) is 3.24. The lowest BCUT2D eigenvalue weighted by Gasteiger charge is -2.21. The second-order valence-electron chi connectivity index (χ2n) is 4.79. The van der Waals surface area contributed by atoms with Crippen molar-refractivity contribution in [3.05, 3.63) is 18.0 Å². The summed E-state index contributed by atoms with van der Waals surface area (Å²) in [5, 5.41) is 17.8. The number of aromatic carboxylic acids is 1. The molecule has 21 heavy (non-hydrogen) atoms. The number of nitrogens with zero attached hydrogens (tertiary/aromatic N) is 3. The molecule has 0 aliphatic heterocycles. The van der Waals surface area contributed by atoms with Gasteiger partial charge in [0, 0.05) is 25.8 Å². The minimum Gasteiger partial charge on any atom is -0.477 e. The van der Waals surface area contributed by atoms with Gasteiger partial charge in [-0.05, 0) is 19.4 Å². The van der Waals surface area contributed by atoms with Crippen LogP contribution in [0.5, 0.6) is 0 Å². The summed E-state index contributed by atoms with van der Waals surface area (Å²) in [6.07, 6.45) is 2.09. The third-order valence-corrected chi connectivity index (χ3v) is 5.18. The zero-order valence-electron chi connectivity index (χ0n) is 12.3. The summed E-state index contributed by atoms with van der Waals surface area (Å²) >= 11 is 0. The van der Waals surface area contributed by atoms with Crippen molar-refractivity contribution >= 4 is 16.0 Å². The zero-order chi connectivity index (χ0) is 16.2. The van der Waals surface area contributed by atoms with Gasteiger partial charge < -0.3 is 9.67 Å². The van der Waals surface area contributed by atoms with E-state index in [1.807, 2.05) is 13.0 Å². The first-order valence-electron chi connectivity index (χ1n) is 6.54. The van der Waals surface area contributed by atoms with Crippen LogP contribution in [0.15, 0.2) is 17.2 Å². The Bertz CT molecular complexity index is 657. The van der Waals surface area contributed by atoms with E-state index in [0.29, 0.717) is 13.0 Å². The number of aryl methyl sites for hydroxylation is 1. The number of nitriles is 1. The van der Waals surface area contributed by atoms with Crippen LogP contribution in [-0.4, -0.2) is 41.5 Å². The van der Waals surface area contributed by atoms with Crippen LogP contribution in [-0.2, 0) is 16.6 Å². The molecular weight excluding hydrogens is 294 g/mol. The van der Waals surface area contributed by atoms with Gasteiger partial charge in [0.1, 0.15) is 10.6 Å². The smallest absolute Gasteiger partial charge is 0.352 e. The number of rotatable bonds is 7. The zero-order valence-corrected chi connectivity index (χ0v) is 13.1. The van der Waals surface area contributed by atoms with Crippen molar-refractivity contribution in [3.63, 3.8) is 0 Å². The van der Waals surface area contributed by atoms with Crippen molar-refractivity contribution < 1.29 is 18.3 Å². The Labute approximate surface area is 124 Å². The highest BCUT2D eigenvalue weighted by molar-refractivity contribution is 7.89. The highest BCUT2D eigenvalue weighted by Gasteiger charge is 2.28. The number of carboxylic acid groups (broad SMARTS) is 1. The largest absolute Gasteiger partial charge is 0.477 e. The van der Waals surface area contributed by atoms with Crippen molar-refractivity contribution in [1.29, 1.82) is 5.26 Å².